The minimum atomic E-state index is -0.539. The van der Waals surface area contributed by atoms with Gasteiger partial charge in [-0.05, 0) is 71.3 Å². The number of anilines is 1. The summed E-state index contributed by atoms with van der Waals surface area (Å²) in [7, 11) is 0. The van der Waals surface area contributed by atoms with Crippen LogP contribution >= 0.6 is 0 Å². The Balaban J connectivity index is 1.35. The van der Waals surface area contributed by atoms with E-state index in [4.69, 9.17) is 9.47 Å². The second kappa shape index (κ2) is 12.5. The molecule has 8 heteroatoms. The van der Waals surface area contributed by atoms with Crippen molar-refractivity contribution in [2.45, 2.75) is 13.2 Å². The van der Waals surface area contributed by atoms with Crippen molar-refractivity contribution in [3.8, 4) is 17.6 Å². The van der Waals surface area contributed by atoms with Crippen molar-refractivity contribution in [3.05, 3.63) is 136 Å². The molecule has 4 aromatic rings. The lowest BCUT2D eigenvalue weighted by Crippen LogP contribution is -2.13. The highest BCUT2D eigenvalue weighted by Gasteiger charge is 2.10. The third-order valence-corrected chi connectivity index (χ3v) is 5.45. The molecule has 0 unspecified atom stereocenters. The van der Waals surface area contributed by atoms with Gasteiger partial charge in [-0.1, -0.05) is 42.5 Å². The first-order valence-electron chi connectivity index (χ1n) is 11.7. The average Bonchev–Trinajstić information content (AvgIpc) is 2.95. The van der Waals surface area contributed by atoms with E-state index in [1.807, 2.05) is 36.4 Å². The van der Waals surface area contributed by atoms with E-state index in [1.165, 1.54) is 18.2 Å². The smallest absolute Gasteiger partial charge is 0.269 e. The molecule has 0 radical (unpaired) electrons. The van der Waals surface area contributed by atoms with Crippen molar-refractivity contribution in [3.63, 3.8) is 0 Å². The molecular weight excluding hydrogens is 482 g/mol. The molecule has 1 amide bonds. The molecule has 38 heavy (non-hydrogen) atoms. The molecule has 8 nitrogen and oxygen atoms in total. The van der Waals surface area contributed by atoms with Crippen LogP contribution in [0.5, 0.6) is 11.5 Å². The van der Waals surface area contributed by atoms with E-state index in [1.54, 1.807) is 60.7 Å². The molecule has 0 fully saturated rings. The Hall–Kier alpha value is -5.42. The first-order chi connectivity index (χ1) is 18.5. The van der Waals surface area contributed by atoms with E-state index >= 15 is 0 Å². The maximum Gasteiger partial charge on any atom is 0.269 e. The molecule has 0 spiro atoms. The zero-order valence-corrected chi connectivity index (χ0v) is 20.2. The van der Waals surface area contributed by atoms with Gasteiger partial charge >= 0.3 is 0 Å². The molecule has 1 N–H and O–H groups in total. The first-order valence-corrected chi connectivity index (χ1v) is 11.7. The van der Waals surface area contributed by atoms with Gasteiger partial charge in [-0.3, -0.25) is 14.9 Å². The van der Waals surface area contributed by atoms with Crippen molar-refractivity contribution in [1.82, 2.24) is 0 Å². The molecule has 4 rings (SSSR count). The summed E-state index contributed by atoms with van der Waals surface area (Å²) >= 11 is 0. The Morgan fingerprint density at radius 1 is 0.842 bits per heavy atom. The first kappa shape index (κ1) is 25.7. The predicted octanol–water partition coefficient (Wildman–Crippen LogP) is 6.30. The lowest BCUT2D eigenvalue weighted by Gasteiger charge is -2.09. The number of nitriles is 1. The van der Waals surface area contributed by atoms with Gasteiger partial charge in [-0.25, -0.2) is 0 Å². The van der Waals surface area contributed by atoms with Gasteiger partial charge in [-0.2, -0.15) is 5.26 Å². The highest BCUT2D eigenvalue weighted by molar-refractivity contribution is 6.09. The number of ether oxygens (including phenoxy) is 2. The summed E-state index contributed by atoms with van der Waals surface area (Å²) in [5.74, 6) is 0.650. The summed E-state index contributed by atoms with van der Waals surface area (Å²) < 4.78 is 11.5. The van der Waals surface area contributed by atoms with Gasteiger partial charge in [0.2, 0.25) is 0 Å². The number of benzene rings is 4. The van der Waals surface area contributed by atoms with Crippen LogP contribution in [0.3, 0.4) is 0 Å². The molecule has 0 bridgehead atoms. The lowest BCUT2D eigenvalue weighted by atomic mass is 10.1. The van der Waals surface area contributed by atoms with Crippen LogP contribution in [0.1, 0.15) is 16.7 Å². The van der Waals surface area contributed by atoms with Gasteiger partial charge in [0.05, 0.1) is 4.92 Å². The molecule has 188 valence electrons. The lowest BCUT2D eigenvalue weighted by molar-refractivity contribution is -0.384. The van der Waals surface area contributed by atoms with Gasteiger partial charge in [0, 0.05) is 17.8 Å². The number of nitro groups is 1. The number of hydrogen-bond acceptors (Lipinski definition) is 6. The zero-order chi connectivity index (χ0) is 26.7. The second-order valence-corrected chi connectivity index (χ2v) is 8.21. The highest BCUT2D eigenvalue weighted by atomic mass is 16.6. The maximum atomic E-state index is 12.7. The molecule has 0 atom stereocenters. The van der Waals surface area contributed by atoms with Crippen LogP contribution in [0.15, 0.2) is 109 Å². The third kappa shape index (κ3) is 7.29. The fourth-order valence-electron chi connectivity index (χ4n) is 3.46. The Morgan fingerprint density at radius 3 is 2.16 bits per heavy atom. The van der Waals surface area contributed by atoms with Crippen molar-refractivity contribution < 1.29 is 19.2 Å². The summed E-state index contributed by atoms with van der Waals surface area (Å²) in [6.45, 7) is 0.645. The quantitative estimate of drug-likeness (QED) is 0.117. The van der Waals surface area contributed by atoms with Crippen LogP contribution in [0, 0.1) is 21.4 Å². The van der Waals surface area contributed by atoms with Crippen LogP contribution in [-0.4, -0.2) is 10.8 Å². The van der Waals surface area contributed by atoms with Gasteiger partial charge in [0.15, 0.2) is 0 Å². The second-order valence-electron chi connectivity index (χ2n) is 8.21. The average molecular weight is 506 g/mol. The number of rotatable bonds is 10. The fraction of sp³-hybridized carbons (Fsp3) is 0.0667. The SMILES string of the molecule is N#C/C(=C/c1cccc(OCc2ccc([N+](=O)[O-])cc2)c1)C(=O)Nc1ccc(OCc2ccccc2)cc1. The van der Waals surface area contributed by atoms with Gasteiger partial charge in [0.1, 0.15) is 36.4 Å². The minimum absolute atomic E-state index is 0.00975. The number of amides is 1. The molecular formula is C30H23N3O5. The van der Waals surface area contributed by atoms with Crippen molar-refractivity contribution in [1.29, 1.82) is 5.26 Å². The summed E-state index contributed by atoms with van der Waals surface area (Å²) in [5.41, 5.74) is 2.91. The number of nitrogens with one attached hydrogen (secondary N) is 1. The van der Waals surface area contributed by atoms with Crippen LogP contribution in [0.2, 0.25) is 0 Å². The number of nitrogens with zero attached hydrogens (tertiary/aromatic N) is 2. The minimum Gasteiger partial charge on any atom is -0.489 e. The summed E-state index contributed by atoms with van der Waals surface area (Å²) in [6.07, 6.45) is 1.48. The van der Waals surface area contributed by atoms with E-state index in [9.17, 15) is 20.2 Å². The van der Waals surface area contributed by atoms with Gasteiger partial charge in [-0.15, -0.1) is 0 Å². The Bertz CT molecular complexity index is 1480. The van der Waals surface area contributed by atoms with Crippen LogP contribution < -0.4 is 14.8 Å². The normalized spacial score (nSPS) is 10.8. The van der Waals surface area contributed by atoms with Crippen molar-refractivity contribution >= 4 is 23.4 Å². The Labute approximate surface area is 219 Å². The standard InChI is InChI=1S/C30H23N3O5/c31-19-25(30(34)32-26-11-15-28(16-12-26)37-20-22-5-2-1-3-6-22)17-24-7-4-8-29(18-24)38-21-23-9-13-27(14-10-23)33(35)36/h1-18H,20-21H2,(H,32,34)/b25-17-. The molecule has 0 aliphatic heterocycles. The van der Waals surface area contributed by atoms with E-state index in [0.717, 1.165) is 11.1 Å². The molecule has 0 aromatic heterocycles. The molecule has 0 saturated carbocycles. The summed E-state index contributed by atoms with van der Waals surface area (Å²) in [6, 6.07) is 31.7. The highest BCUT2D eigenvalue weighted by Crippen LogP contribution is 2.21. The zero-order valence-electron chi connectivity index (χ0n) is 20.2. The molecule has 0 saturated heterocycles. The largest absolute Gasteiger partial charge is 0.489 e. The number of carbonyl (C=O) groups excluding carboxylic acids is 1. The van der Waals surface area contributed by atoms with Gasteiger partial charge < -0.3 is 14.8 Å². The Kier molecular flexibility index (Phi) is 8.45. The molecule has 4 aromatic carbocycles. The number of carbonyl (C=O) groups is 1. The number of non-ortho nitro benzene ring substituents is 1. The third-order valence-electron chi connectivity index (χ3n) is 5.45. The van der Waals surface area contributed by atoms with Crippen molar-refractivity contribution in [2.75, 3.05) is 5.32 Å². The van der Waals surface area contributed by atoms with E-state index in [0.29, 0.717) is 29.4 Å². The van der Waals surface area contributed by atoms with E-state index in [2.05, 4.69) is 5.32 Å². The number of hydrogen-bond donors (Lipinski definition) is 1. The molecule has 0 aliphatic rings. The predicted molar refractivity (Wildman–Crippen MR) is 143 cm³/mol. The molecule has 0 aliphatic carbocycles. The Morgan fingerprint density at radius 2 is 1.50 bits per heavy atom. The van der Waals surface area contributed by atoms with Crippen molar-refractivity contribution in [2.24, 2.45) is 0 Å². The molecule has 0 heterocycles. The summed E-state index contributed by atoms with van der Waals surface area (Å²) in [5, 5.41) is 23.1. The van der Waals surface area contributed by atoms with Crippen LogP contribution in [0.25, 0.3) is 6.08 Å². The monoisotopic (exact) mass is 505 g/mol. The van der Waals surface area contributed by atoms with E-state index < -0.39 is 10.8 Å². The van der Waals surface area contributed by atoms with Crippen LogP contribution in [0.4, 0.5) is 11.4 Å². The van der Waals surface area contributed by atoms with Gasteiger partial charge in [0.25, 0.3) is 11.6 Å². The topological polar surface area (TPSA) is 114 Å². The fourth-order valence-corrected chi connectivity index (χ4v) is 3.46. The maximum absolute atomic E-state index is 12.7. The van der Waals surface area contributed by atoms with E-state index in [-0.39, 0.29) is 17.9 Å². The number of nitro benzene ring substituents is 1. The summed E-state index contributed by atoms with van der Waals surface area (Å²) in [4.78, 5) is 23.0. The van der Waals surface area contributed by atoms with Crippen LogP contribution in [-0.2, 0) is 18.0 Å².